The Balaban J connectivity index is 1.14. The first-order chi connectivity index (χ1) is 16.0. The number of carbonyl (C=O) groups excluding carboxylic acids is 2. The first-order valence-corrected chi connectivity index (χ1v) is 11.6. The second-order valence-corrected chi connectivity index (χ2v) is 9.24. The second-order valence-electron chi connectivity index (χ2n) is 9.24. The summed E-state index contributed by atoms with van der Waals surface area (Å²) in [6.07, 6.45) is 4.17. The molecule has 4 amide bonds. The Hall–Kier alpha value is -3.55. The number of likely N-dealkylation sites (tertiary alicyclic amines) is 1. The zero-order valence-electron chi connectivity index (χ0n) is 19.1. The van der Waals surface area contributed by atoms with Crippen LogP contribution in [0.2, 0.25) is 0 Å². The van der Waals surface area contributed by atoms with Gasteiger partial charge in [0.15, 0.2) is 0 Å². The van der Waals surface area contributed by atoms with Gasteiger partial charge in [-0.15, -0.1) is 0 Å². The van der Waals surface area contributed by atoms with Crippen molar-refractivity contribution in [2.24, 2.45) is 0 Å². The Bertz CT molecular complexity index is 1180. The fraction of sp³-hybridized carbons (Fsp3) is 0.400. The lowest BCUT2D eigenvalue weighted by Gasteiger charge is -2.40. The number of nitrogens with zero attached hydrogens (tertiary/aromatic N) is 3. The standard InChI is InChI=1S/C25H30N6O2/c1-16-11-18(13-20-14-26-29-23(16)20)12-17(2)27-24(32)30-9-7-21(8-10-30)31-15-19-5-3-4-6-22(19)28-25(31)33/h3-6,11,13-14,17,21H,7-10,12,15H2,1-2H3,(H,26,29)(H,27,32)(H,28,33). The molecule has 1 atom stereocenters. The predicted molar refractivity (Wildman–Crippen MR) is 128 cm³/mol. The third-order valence-corrected chi connectivity index (χ3v) is 6.77. The largest absolute Gasteiger partial charge is 0.335 e. The van der Waals surface area contributed by atoms with Gasteiger partial charge in [-0.3, -0.25) is 5.10 Å². The molecule has 1 saturated heterocycles. The number of rotatable bonds is 4. The van der Waals surface area contributed by atoms with Crippen molar-refractivity contribution >= 4 is 28.7 Å². The lowest BCUT2D eigenvalue weighted by atomic mass is 10.0. The highest BCUT2D eigenvalue weighted by molar-refractivity contribution is 5.92. The van der Waals surface area contributed by atoms with E-state index in [4.69, 9.17) is 0 Å². The van der Waals surface area contributed by atoms with E-state index in [9.17, 15) is 9.59 Å². The number of nitrogens with one attached hydrogen (secondary N) is 3. The van der Waals surface area contributed by atoms with Crippen LogP contribution in [0.5, 0.6) is 0 Å². The minimum Gasteiger partial charge on any atom is -0.335 e. The second kappa shape index (κ2) is 8.77. The Morgan fingerprint density at radius 1 is 1.24 bits per heavy atom. The Morgan fingerprint density at radius 3 is 2.85 bits per heavy atom. The van der Waals surface area contributed by atoms with Crippen molar-refractivity contribution in [3.63, 3.8) is 0 Å². The zero-order chi connectivity index (χ0) is 22.9. The van der Waals surface area contributed by atoms with Gasteiger partial charge >= 0.3 is 12.1 Å². The molecule has 2 aliphatic rings. The molecule has 0 bridgehead atoms. The van der Waals surface area contributed by atoms with Crippen molar-refractivity contribution in [3.8, 4) is 0 Å². The van der Waals surface area contributed by atoms with E-state index in [0.717, 1.165) is 47.0 Å². The molecule has 172 valence electrons. The molecule has 1 unspecified atom stereocenters. The van der Waals surface area contributed by atoms with Gasteiger partial charge < -0.3 is 20.4 Å². The summed E-state index contributed by atoms with van der Waals surface area (Å²) in [4.78, 5) is 29.2. The molecule has 3 N–H and O–H groups in total. The van der Waals surface area contributed by atoms with E-state index in [1.165, 1.54) is 5.56 Å². The summed E-state index contributed by atoms with van der Waals surface area (Å²) in [5.41, 5.74) is 5.43. The monoisotopic (exact) mass is 446 g/mol. The number of aromatic amines is 1. The number of piperidine rings is 1. The van der Waals surface area contributed by atoms with Gasteiger partial charge in [0.1, 0.15) is 0 Å². The number of amides is 4. The van der Waals surface area contributed by atoms with Gasteiger partial charge in [0.25, 0.3) is 0 Å². The van der Waals surface area contributed by atoms with Gasteiger partial charge in [-0.1, -0.05) is 24.3 Å². The summed E-state index contributed by atoms with van der Waals surface area (Å²) in [6.45, 7) is 6.02. The van der Waals surface area contributed by atoms with Crippen LogP contribution in [-0.2, 0) is 13.0 Å². The van der Waals surface area contributed by atoms with E-state index in [-0.39, 0.29) is 24.1 Å². The molecule has 1 aromatic heterocycles. The number of aromatic nitrogens is 2. The molecule has 33 heavy (non-hydrogen) atoms. The maximum Gasteiger partial charge on any atom is 0.322 e. The van der Waals surface area contributed by atoms with Crippen LogP contribution in [0.1, 0.15) is 36.5 Å². The van der Waals surface area contributed by atoms with Gasteiger partial charge in [0, 0.05) is 42.8 Å². The highest BCUT2D eigenvalue weighted by Gasteiger charge is 2.32. The number of hydrogen-bond acceptors (Lipinski definition) is 3. The molecule has 0 radical (unpaired) electrons. The molecule has 0 saturated carbocycles. The smallest absolute Gasteiger partial charge is 0.322 e. The van der Waals surface area contributed by atoms with Crippen LogP contribution in [0, 0.1) is 6.92 Å². The van der Waals surface area contributed by atoms with Gasteiger partial charge in [-0.2, -0.15) is 5.10 Å². The van der Waals surface area contributed by atoms with Crippen molar-refractivity contribution in [1.29, 1.82) is 0 Å². The van der Waals surface area contributed by atoms with E-state index in [0.29, 0.717) is 19.6 Å². The molecule has 3 aromatic rings. The maximum absolute atomic E-state index is 12.9. The maximum atomic E-state index is 12.9. The van der Waals surface area contributed by atoms with Crippen LogP contribution in [0.3, 0.4) is 0 Å². The fourth-order valence-corrected chi connectivity index (χ4v) is 5.03. The SMILES string of the molecule is Cc1cc(CC(C)NC(=O)N2CCC(N3Cc4ccccc4NC3=O)CC2)cc2cn[nH]c12. The average molecular weight is 447 g/mol. The van der Waals surface area contributed by atoms with E-state index in [1.807, 2.05) is 41.1 Å². The Morgan fingerprint density at radius 2 is 2.03 bits per heavy atom. The molecule has 8 nitrogen and oxygen atoms in total. The number of H-pyrrole nitrogens is 1. The number of benzene rings is 2. The van der Waals surface area contributed by atoms with Crippen molar-refractivity contribution < 1.29 is 9.59 Å². The van der Waals surface area contributed by atoms with Crippen LogP contribution in [0.25, 0.3) is 10.9 Å². The minimum atomic E-state index is -0.0462. The normalized spacial score (nSPS) is 17.6. The van der Waals surface area contributed by atoms with E-state index < -0.39 is 0 Å². The molecule has 1 fully saturated rings. The molecule has 2 aromatic carbocycles. The lowest BCUT2D eigenvalue weighted by Crippen LogP contribution is -2.53. The topological polar surface area (TPSA) is 93.4 Å². The van der Waals surface area contributed by atoms with Crippen molar-refractivity contribution in [3.05, 3.63) is 59.3 Å². The number of fused-ring (bicyclic) bond motifs is 2. The Labute approximate surface area is 193 Å². The van der Waals surface area contributed by atoms with Crippen molar-refractivity contribution in [2.45, 2.75) is 51.7 Å². The Kier molecular flexibility index (Phi) is 5.66. The van der Waals surface area contributed by atoms with Crippen LogP contribution in [-0.4, -0.2) is 57.2 Å². The molecule has 3 heterocycles. The number of anilines is 1. The zero-order valence-corrected chi connectivity index (χ0v) is 19.1. The number of para-hydroxylation sites is 1. The van der Waals surface area contributed by atoms with E-state index in [1.54, 1.807) is 0 Å². The number of urea groups is 2. The summed E-state index contributed by atoms with van der Waals surface area (Å²) < 4.78 is 0. The van der Waals surface area contributed by atoms with Gasteiger partial charge in [0.05, 0.1) is 11.7 Å². The highest BCUT2D eigenvalue weighted by atomic mass is 16.2. The lowest BCUT2D eigenvalue weighted by molar-refractivity contribution is 0.127. The number of carbonyl (C=O) groups is 2. The number of aryl methyl sites for hydroxylation is 1. The molecule has 5 rings (SSSR count). The van der Waals surface area contributed by atoms with Gasteiger partial charge in [-0.05, 0) is 61.9 Å². The summed E-state index contributed by atoms with van der Waals surface area (Å²) in [5.74, 6) is 0. The number of hydrogen-bond donors (Lipinski definition) is 3. The van der Waals surface area contributed by atoms with E-state index in [2.05, 4.69) is 46.0 Å². The van der Waals surface area contributed by atoms with Crippen LogP contribution in [0.15, 0.2) is 42.6 Å². The quantitative estimate of drug-likeness (QED) is 0.565. The van der Waals surface area contributed by atoms with E-state index >= 15 is 0 Å². The summed E-state index contributed by atoms with van der Waals surface area (Å²) in [5, 5.41) is 14.4. The van der Waals surface area contributed by atoms with Crippen LogP contribution < -0.4 is 10.6 Å². The first kappa shape index (κ1) is 21.3. The highest BCUT2D eigenvalue weighted by Crippen LogP contribution is 2.27. The average Bonchev–Trinajstić information content (AvgIpc) is 3.28. The first-order valence-electron chi connectivity index (χ1n) is 11.6. The summed E-state index contributed by atoms with van der Waals surface area (Å²) >= 11 is 0. The molecular weight excluding hydrogens is 416 g/mol. The third kappa shape index (κ3) is 4.37. The third-order valence-electron chi connectivity index (χ3n) is 6.77. The molecule has 2 aliphatic heterocycles. The summed E-state index contributed by atoms with van der Waals surface area (Å²) in [6, 6.07) is 12.3. The molecule has 0 aliphatic carbocycles. The molecule has 0 spiro atoms. The van der Waals surface area contributed by atoms with Gasteiger partial charge in [-0.25, -0.2) is 9.59 Å². The van der Waals surface area contributed by atoms with Crippen molar-refractivity contribution in [1.82, 2.24) is 25.3 Å². The van der Waals surface area contributed by atoms with Crippen LogP contribution in [0.4, 0.5) is 15.3 Å². The summed E-state index contributed by atoms with van der Waals surface area (Å²) in [7, 11) is 0. The fourth-order valence-electron chi connectivity index (χ4n) is 5.03. The van der Waals surface area contributed by atoms with Crippen molar-refractivity contribution in [2.75, 3.05) is 18.4 Å². The predicted octanol–water partition coefficient (Wildman–Crippen LogP) is 4.02. The van der Waals surface area contributed by atoms with Gasteiger partial charge in [0.2, 0.25) is 0 Å². The molecule has 8 heteroatoms. The minimum absolute atomic E-state index is 0.0170. The van der Waals surface area contributed by atoms with Crippen LogP contribution >= 0.6 is 0 Å². The molecular formula is C25H30N6O2.